The molecule has 1 aliphatic rings. The molecule has 3 N–H and O–H groups in total. The molecule has 5 amide bonds. The van der Waals surface area contributed by atoms with Gasteiger partial charge in [0.2, 0.25) is 0 Å². The number of hydrogen-bond donors (Lipinski definition) is 3. The fourth-order valence-corrected chi connectivity index (χ4v) is 1.21. The molecule has 1 aliphatic heterocycles. The van der Waals surface area contributed by atoms with Gasteiger partial charge in [-0.25, -0.2) is 30.2 Å². The molecule has 1 rings (SSSR count). The highest BCUT2D eigenvalue weighted by Crippen LogP contribution is 1.93. The molecule has 9 heteroatoms. The predicted molar refractivity (Wildman–Crippen MR) is 62.2 cm³/mol. The van der Waals surface area contributed by atoms with Crippen molar-refractivity contribution in [1.29, 1.82) is 0 Å². The van der Waals surface area contributed by atoms with E-state index in [9.17, 15) is 14.4 Å². The summed E-state index contributed by atoms with van der Waals surface area (Å²) in [7, 11) is 0. The summed E-state index contributed by atoms with van der Waals surface area (Å²) in [5, 5.41) is 2.61. The molecule has 1 saturated heterocycles. The van der Waals surface area contributed by atoms with Crippen LogP contribution in [0.4, 0.5) is 14.4 Å². The molecule has 1 fully saturated rings. The highest BCUT2D eigenvalue weighted by molar-refractivity contribution is 5.87. The summed E-state index contributed by atoms with van der Waals surface area (Å²) in [5.41, 5.74) is 4.03. The van der Waals surface area contributed by atoms with E-state index in [2.05, 4.69) is 15.0 Å². The number of amides is 5. The van der Waals surface area contributed by atoms with E-state index in [1.165, 1.54) is 11.1 Å². The molecule has 0 radical (unpaired) electrons. The summed E-state index contributed by atoms with van der Waals surface area (Å²) in [5.74, 6) is 0. The Bertz CT molecular complexity index is 357. The van der Waals surface area contributed by atoms with Gasteiger partial charge in [-0.05, 0) is 6.92 Å². The van der Waals surface area contributed by atoms with Gasteiger partial charge in [0.05, 0.1) is 13.2 Å². The lowest BCUT2D eigenvalue weighted by Crippen LogP contribution is -2.40. The van der Waals surface area contributed by atoms with Crippen molar-refractivity contribution >= 4 is 24.4 Å². The van der Waals surface area contributed by atoms with Crippen LogP contribution in [0.2, 0.25) is 0 Å². The van der Waals surface area contributed by atoms with Gasteiger partial charge in [0.1, 0.15) is 0 Å². The SMILES string of the molecule is CCOC(=O)NNC(=O)N=CCN1CCNC1=O. The van der Waals surface area contributed by atoms with Gasteiger partial charge in [-0.15, -0.1) is 0 Å². The topological polar surface area (TPSA) is 112 Å². The third kappa shape index (κ3) is 4.68. The first kappa shape index (κ1) is 13.7. The van der Waals surface area contributed by atoms with Crippen LogP contribution in [0.1, 0.15) is 6.92 Å². The highest BCUT2D eigenvalue weighted by Gasteiger charge is 2.17. The minimum absolute atomic E-state index is 0.188. The van der Waals surface area contributed by atoms with Gasteiger partial charge in [-0.1, -0.05) is 0 Å². The standard InChI is InChI=1S/C9H15N5O4/c1-2-18-9(17)13-12-7(15)10-3-5-14-6-4-11-8(14)16/h3H,2,4-6H2,1H3,(H,11,16)(H,12,15)(H,13,17). The average Bonchev–Trinajstić information content (AvgIpc) is 2.73. The van der Waals surface area contributed by atoms with E-state index in [4.69, 9.17) is 0 Å². The van der Waals surface area contributed by atoms with E-state index in [1.807, 2.05) is 10.9 Å². The molecule has 0 atom stereocenters. The molecule has 100 valence electrons. The van der Waals surface area contributed by atoms with Crippen LogP contribution in [0.5, 0.6) is 0 Å². The van der Waals surface area contributed by atoms with Crippen molar-refractivity contribution in [1.82, 2.24) is 21.1 Å². The Hall–Kier alpha value is -2.32. The van der Waals surface area contributed by atoms with Crippen LogP contribution < -0.4 is 16.2 Å². The highest BCUT2D eigenvalue weighted by atomic mass is 16.6. The summed E-state index contributed by atoms with van der Waals surface area (Å²) >= 11 is 0. The fraction of sp³-hybridized carbons (Fsp3) is 0.556. The second-order valence-electron chi connectivity index (χ2n) is 3.27. The Morgan fingerprint density at radius 1 is 1.56 bits per heavy atom. The molecular formula is C9H15N5O4. The monoisotopic (exact) mass is 257 g/mol. The number of ether oxygens (including phenoxy) is 1. The molecule has 0 aromatic rings. The van der Waals surface area contributed by atoms with Crippen molar-refractivity contribution in [3.05, 3.63) is 0 Å². The van der Waals surface area contributed by atoms with Gasteiger partial charge >= 0.3 is 18.2 Å². The Balaban J connectivity index is 2.19. The molecule has 0 bridgehead atoms. The zero-order valence-electron chi connectivity index (χ0n) is 9.93. The number of nitrogens with one attached hydrogen (secondary N) is 3. The zero-order chi connectivity index (χ0) is 13.4. The Morgan fingerprint density at radius 2 is 2.33 bits per heavy atom. The van der Waals surface area contributed by atoms with Gasteiger partial charge in [-0.3, -0.25) is 0 Å². The number of carbonyl (C=O) groups is 3. The number of urea groups is 2. The maximum absolute atomic E-state index is 11.1. The van der Waals surface area contributed by atoms with Crippen molar-refractivity contribution in [2.24, 2.45) is 4.99 Å². The number of nitrogens with zero attached hydrogens (tertiary/aromatic N) is 2. The third-order valence-corrected chi connectivity index (χ3v) is 2.00. The minimum atomic E-state index is -0.764. The van der Waals surface area contributed by atoms with Crippen molar-refractivity contribution in [3.8, 4) is 0 Å². The maximum atomic E-state index is 11.1. The van der Waals surface area contributed by atoms with Gasteiger partial charge < -0.3 is 15.0 Å². The zero-order valence-corrected chi connectivity index (χ0v) is 9.93. The summed E-state index contributed by atoms with van der Waals surface area (Å²) in [4.78, 5) is 38.0. The van der Waals surface area contributed by atoms with Gasteiger partial charge in [0.25, 0.3) is 0 Å². The predicted octanol–water partition coefficient (Wildman–Crippen LogP) is -0.547. The minimum Gasteiger partial charge on any atom is -0.449 e. The number of rotatable bonds is 3. The quantitative estimate of drug-likeness (QED) is 0.465. The van der Waals surface area contributed by atoms with E-state index in [0.29, 0.717) is 13.1 Å². The first-order chi connectivity index (χ1) is 8.63. The van der Waals surface area contributed by atoms with E-state index < -0.39 is 12.1 Å². The Labute approximate surface area is 104 Å². The van der Waals surface area contributed by atoms with Crippen molar-refractivity contribution < 1.29 is 19.1 Å². The molecule has 9 nitrogen and oxygen atoms in total. The second-order valence-corrected chi connectivity index (χ2v) is 3.27. The molecule has 18 heavy (non-hydrogen) atoms. The fourth-order valence-electron chi connectivity index (χ4n) is 1.21. The summed E-state index contributed by atoms with van der Waals surface area (Å²) in [6.45, 7) is 3.24. The Morgan fingerprint density at radius 3 is 2.94 bits per heavy atom. The van der Waals surface area contributed by atoms with Gasteiger partial charge in [0, 0.05) is 19.3 Å². The van der Waals surface area contributed by atoms with E-state index in [0.717, 1.165) is 0 Å². The smallest absolute Gasteiger partial charge is 0.426 e. The molecule has 0 unspecified atom stereocenters. The van der Waals surface area contributed by atoms with Gasteiger partial charge in [-0.2, -0.15) is 0 Å². The lowest BCUT2D eigenvalue weighted by molar-refractivity contribution is 0.147. The number of aliphatic imine (C=N–C) groups is 1. The van der Waals surface area contributed by atoms with Crippen molar-refractivity contribution in [2.45, 2.75) is 6.92 Å². The van der Waals surface area contributed by atoms with Crippen molar-refractivity contribution in [2.75, 3.05) is 26.2 Å². The van der Waals surface area contributed by atoms with E-state index in [1.54, 1.807) is 6.92 Å². The second kappa shape index (κ2) is 7.09. The lowest BCUT2D eigenvalue weighted by atomic mass is 10.5. The first-order valence-electron chi connectivity index (χ1n) is 5.41. The molecule has 0 aliphatic carbocycles. The van der Waals surface area contributed by atoms with E-state index >= 15 is 0 Å². The number of hydrogen-bond acceptors (Lipinski definition) is 4. The molecule has 0 spiro atoms. The lowest BCUT2D eigenvalue weighted by Gasteiger charge is -2.09. The maximum Gasteiger partial charge on any atom is 0.426 e. The molecule has 0 aromatic carbocycles. The van der Waals surface area contributed by atoms with Crippen LogP contribution in [0, 0.1) is 0 Å². The van der Waals surface area contributed by atoms with Crippen LogP contribution in [-0.2, 0) is 4.74 Å². The number of hydrazine groups is 1. The first-order valence-corrected chi connectivity index (χ1v) is 5.41. The van der Waals surface area contributed by atoms with Crippen LogP contribution in [0.15, 0.2) is 4.99 Å². The van der Waals surface area contributed by atoms with Crippen molar-refractivity contribution in [3.63, 3.8) is 0 Å². The molecule has 1 heterocycles. The van der Waals surface area contributed by atoms with Crippen LogP contribution in [0.3, 0.4) is 0 Å². The molecule has 0 aromatic heterocycles. The summed E-state index contributed by atoms with van der Waals surface area (Å²) in [6.07, 6.45) is 0.521. The molecule has 0 saturated carbocycles. The average molecular weight is 257 g/mol. The number of carbonyl (C=O) groups excluding carboxylic acids is 3. The summed E-state index contributed by atoms with van der Waals surface area (Å²) in [6, 6.07) is -0.936. The summed E-state index contributed by atoms with van der Waals surface area (Å²) < 4.78 is 4.51. The van der Waals surface area contributed by atoms with Crippen LogP contribution in [-0.4, -0.2) is 55.5 Å². The van der Waals surface area contributed by atoms with Gasteiger partial charge in [0.15, 0.2) is 0 Å². The largest absolute Gasteiger partial charge is 0.449 e. The van der Waals surface area contributed by atoms with E-state index in [-0.39, 0.29) is 19.2 Å². The third-order valence-electron chi connectivity index (χ3n) is 2.00. The van der Waals surface area contributed by atoms with Crippen LogP contribution in [0.25, 0.3) is 0 Å². The normalized spacial score (nSPS) is 14.5. The molecular weight excluding hydrogens is 242 g/mol. The Kier molecular flexibility index (Phi) is 5.42. The van der Waals surface area contributed by atoms with Crippen LogP contribution >= 0.6 is 0 Å².